The van der Waals surface area contributed by atoms with E-state index < -0.39 is 0 Å². The Morgan fingerprint density at radius 2 is 2.12 bits per heavy atom. The number of hydrogen-bond acceptors (Lipinski definition) is 3. The van der Waals surface area contributed by atoms with Gasteiger partial charge in [-0.1, -0.05) is 0 Å². The number of rotatable bonds is 5. The third kappa shape index (κ3) is 4.49. The number of piperidine rings is 1. The van der Waals surface area contributed by atoms with Gasteiger partial charge in [-0.05, 0) is 33.1 Å². The van der Waals surface area contributed by atoms with E-state index in [0.29, 0.717) is 12.5 Å². The van der Waals surface area contributed by atoms with Gasteiger partial charge in [-0.15, -0.1) is 0 Å². The number of nitrogens with zero attached hydrogens (tertiary/aromatic N) is 1. The van der Waals surface area contributed by atoms with E-state index in [1.165, 1.54) is 0 Å². The van der Waals surface area contributed by atoms with Crippen molar-refractivity contribution in [2.24, 2.45) is 5.73 Å². The largest absolute Gasteiger partial charge is 0.378 e. The lowest BCUT2D eigenvalue weighted by atomic mass is 10.1. The van der Waals surface area contributed by atoms with E-state index in [2.05, 4.69) is 0 Å². The zero-order valence-electron chi connectivity index (χ0n) is 10.4. The minimum atomic E-state index is 0.116. The molecule has 2 N–H and O–H groups in total. The number of carbonyl (C=O) groups excluding carboxylic acids is 1. The molecule has 0 radical (unpaired) electrons. The van der Waals surface area contributed by atoms with Crippen molar-refractivity contribution in [3.05, 3.63) is 0 Å². The molecule has 1 atom stereocenters. The van der Waals surface area contributed by atoms with Gasteiger partial charge in [0.15, 0.2) is 0 Å². The Kier molecular flexibility index (Phi) is 5.77. The van der Waals surface area contributed by atoms with E-state index in [1.807, 2.05) is 18.7 Å². The lowest BCUT2D eigenvalue weighted by molar-refractivity contribution is -0.133. The van der Waals surface area contributed by atoms with Crippen molar-refractivity contribution in [3.63, 3.8) is 0 Å². The van der Waals surface area contributed by atoms with Crippen molar-refractivity contribution in [1.82, 2.24) is 4.90 Å². The van der Waals surface area contributed by atoms with Gasteiger partial charge in [0.05, 0.1) is 6.10 Å². The van der Waals surface area contributed by atoms with Crippen molar-refractivity contribution in [1.29, 1.82) is 0 Å². The summed E-state index contributed by atoms with van der Waals surface area (Å²) in [5, 5.41) is 0. The molecule has 4 nitrogen and oxygen atoms in total. The standard InChI is InChI=1S/C12H24N2O2/c1-3-16-11-6-8-14(9-7-11)12(15)5-4-10(2)13/h10-11H,3-9,13H2,1-2H3. The summed E-state index contributed by atoms with van der Waals surface area (Å²) in [7, 11) is 0. The fraction of sp³-hybridized carbons (Fsp3) is 0.917. The number of ether oxygens (including phenoxy) is 1. The molecular formula is C12H24N2O2. The molecular weight excluding hydrogens is 204 g/mol. The first-order valence-electron chi connectivity index (χ1n) is 6.28. The lowest BCUT2D eigenvalue weighted by Gasteiger charge is -2.32. The molecule has 0 bridgehead atoms. The van der Waals surface area contributed by atoms with Crippen LogP contribution < -0.4 is 5.73 Å². The summed E-state index contributed by atoms with van der Waals surface area (Å²) in [5.41, 5.74) is 5.64. The molecule has 1 heterocycles. The number of likely N-dealkylation sites (tertiary alicyclic amines) is 1. The molecule has 0 spiro atoms. The van der Waals surface area contributed by atoms with Crippen LogP contribution in [0.5, 0.6) is 0 Å². The van der Waals surface area contributed by atoms with Crippen molar-refractivity contribution >= 4 is 5.91 Å². The van der Waals surface area contributed by atoms with E-state index >= 15 is 0 Å². The van der Waals surface area contributed by atoms with Crippen LogP contribution in [0.4, 0.5) is 0 Å². The molecule has 0 saturated carbocycles. The maximum absolute atomic E-state index is 11.8. The number of amides is 1. The predicted molar refractivity (Wildman–Crippen MR) is 64.1 cm³/mol. The maximum atomic E-state index is 11.8. The normalized spacial score (nSPS) is 19.8. The zero-order chi connectivity index (χ0) is 12.0. The highest BCUT2D eigenvalue weighted by atomic mass is 16.5. The van der Waals surface area contributed by atoms with Crippen LogP contribution in [0.2, 0.25) is 0 Å². The zero-order valence-corrected chi connectivity index (χ0v) is 10.4. The van der Waals surface area contributed by atoms with Gasteiger partial charge < -0.3 is 15.4 Å². The molecule has 4 heteroatoms. The lowest BCUT2D eigenvalue weighted by Crippen LogP contribution is -2.41. The molecule has 1 amide bonds. The van der Waals surface area contributed by atoms with Crippen LogP contribution in [-0.2, 0) is 9.53 Å². The van der Waals surface area contributed by atoms with Gasteiger partial charge in [0.25, 0.3) is 0 Å². The third-order valence-corrected chi connectivity index (χ3v) is 3.01. The number of nitrogens with two attached hydrogens (primary N) is 1. The minimum Gasteiger partial charge on any atom is -0.378 e. The highest BCUT2D eigenvalue weighted by Gasteiger charge is 2.22. The van der Waals surface area contributed by atoms with Crippen LogP contribution in [0.3, 0.4) is 0 Å². The predicted octanol–water partition coefficient (Wildman–Crippen LogP) is 1.14. The van der Waals surface area contributed by atoms with Crippen LogP contribution >= 0.6 is 0 Å². The van der Waals surface area contributed by atoms with E-state index in [-0.39, 0.29) is 11.9 Å². The molecule has 1 aliphatic heterocycles. The van der Waals surface area contributed by atoms with Crippen LogP contribution in [0.25, 0.3) is 0 Å². The number of hydrogen-bond donors (Lipinski definition) is 1. The Hall–Kier alpha value is -0.610. The second-order valence-corrected chi connectivity index (χ2v) is 4.55. The first kappa shape index (κ1) is 13.5. The third-order valence-electron chi connectivity index (χ3n) is 3.01. The second kappa shape index (κ2) is 6.86. The summed E-state index contributed by atoms with van der Waals surface area (Å²) >= 11 is 0. The van der Waals surface area contributed by atoms with E-state index in [4.69, 9.17) is 10.5 Å². The highest BCUT2D eigenvalue weighted by molar-refractivity contribution is 5.76. The molecule has 1 aliphatic rings. The van der Waals surface area contributed by atoms with Crippen LogP contribution in [0.15, 0.2) is 0 Å². The van der Waals surface area contributed by atoms with Crippen molar-refractivity contribution in [2.45, 2.75) is 51.7 Å². The summed E-state index contributed by atoms with van der Waals surface area (Å²) in [6.07, 6.45) is 3.65. The van der Waals surface area contributed by atoms with E-state index in [1.54, 1.807) is 0 Å². The van der Waals surface area contributed by atoms with Crippen LogP contribution in [0.1, 0.15) is 39.5 Å². The number of carbonyl (C=O) groups is 1. The Bertz CT molecular complexity index is 211. The summed E-state index contributed by atoms with van der Waals surface area (Å²) < 4.78 is 5.55. The molecule has 16 heavy (non-hydrogen) atoms. The fourth-order valence-corrected chi connectivity index (χ4v) is 2.02. The summed E-state index contributed by atoms with van der Waals surface area (Å²) in [6, 6.07) is 0.116. The smallest absolute Gasteiger partial charge is 0.222 e. The first-order chi connectivity index (χ1) is 7.63. The summed E-state index contributed by atoms with van der Waals surface area (Å²) in [4.78, 5) is 13.7. The van der Waals surface area contributed by atoms with Gasteiger partial charge in [-0.3, -0.25) is 4.79 Å². The molecule has 0 aromatic rings. The molecule has 94 valence electrons. The molecule has 1 fully saturated rings. The molecule has 0 aliphatic carbocycles. The Labute approximate surface area is 98.1 Å². The van der Waals surface area contributed by atoms with Crippen LogP contribution in [-0.4, -0.2) is 42.6 Å². The topological polar surface area (TPSA) is 55.6 Å². The van der Waals surface area contributed by atoms with Crippen molar-refractivity contribution in [3.8, 4) is 0 Å². The quantitative estimate of drug-likeness (QED) is 0.767. The summed E-state index contributed by atoms with van der Waals surface area (Å²) in [6.45, 7) is 6.39. The van der Waals surface area contributed by atoms with E-state index in [9.17, 15) is 4.79 Å². The van der Waals surface area contributed by atoms with E-state index in [0.717, 1.165) is 39.0 Å². The molecule has 0 aromatic carbocycles. The van der Waals surface area contributed by atoms with Gasteiger partial charge in [0.1, 0.15) is 0 Å². The molecule has 1 saturated heterocycles. The maximum Gasteiger partial charge on any atom is 0.222 e. The highest BCUT2D eigenvalue weighted by Crippen LogP contribution is 2.14. The van der Waals surface area contributed by atoms with Gasteiger partial charge in [-0.2, -0.15) is 0 Å². The molecule has 0 aromatic heterocycles. The Morgan fingerprint density at radius 3 is 2.62 bits per heavy atom. The summed E-state index contributed by atoms with van der Waals surface area (Å²) in [5.74, 6) is 0.243. The SMILES string of the molecule is CCOC1CCN(C(=O)CCC(C)N)CC1. The van der Waals surface area contributed by atoms with Crippen LogP contribution in [0, 0.1) is 0 Å². The monoisotopic (exact) mass is 228 g/mol. The average molecular weight is 228 g/mol. The van der Waals surface area contributed by atoms with Gasteiger partial charge >= 0.3 is 0 Å². The molecule has 1 unspecified atom stereocenters. The van der Waals surface area contributed by atoms with Crippen molar-refractivity contribution < 1.29 is 9.53 Å². The van der Waals surface area contributed by atoms with Crippen molar-refractivity contribution in [2.75, 3.05) is 19.7 Å². The van der Waals surface area contributed by atoms with Gasteiger partial charge in [0, 0.05) is 32.2 Å². The average Bonchev–Trinajstić information content (AvgIpc) is 2.27. The Balaban J connectivity index is 2.22. The first-order valence-corrected chi connectivity index (χ1v) is 6.28. The Morgan fingerprint density at radius 1 is 1.50 bits per heavy atom. The molecule has 1 rings (SSSR count). The second-order valence-electron chi connectivity index (χ2n) is 4.55. The van der Waals surface area contributed by atoms with Gasteiger partial charge in [0.2, 0.25) is 5.91 Å². The fourth-order valence-electron chi connectivity index (χ4n) is 2.02. The minimum absolute atomic E-state index is 0.116. The van der Waals surface area contributed by atoms with Gasteiger partial charge in [-0.25, -0.2) is 0 Å².